The van der Waals surface area contributed by atoms with Gasteiger partial charge in [0.1, 0.15) is 0 Å². The normalized spacial score (nSPS) is 16.2. The summed E-state index contributed by atoms with van der Waals surface area (Å²) in [5, 5.41) is 0. The van der Waals surface area contributed by atoms with Crippen molar-refractivity contribution in [1.29, 1.82) is 0 Å². The number of alkyl halides is 6. The summed E-state index contributed by atoms with van der Waals surface area (Å²) in [5.74, 6) is -0.652. The van der Waals surface area contributed by atoms with E-state index in [0.29, 0.717) is 5.56 Å². The van der Waals surface area contributed by atoms with Crippen LogP contribution in [0.25, 0.3) is 0 Å². The lowest BCUT2D eigenvalue weighted by atomic mass is 9.82. The van der Waals surface area contributed by atoms with E-state index in [1.54, 1.807) is 6.92 Å². The summed E-state index contributed by atoms with van der Waals surface area (Å²) in [6.45, 7) is 1.61. The fourth-order valence-electron chi connectivity index (χ4n) is 2.86. The SMILES string of the molecule is CC(N)C(c1ccc(C(F)(F)F)cc1)C(N)c1cccc(C(F)(F)F)c1. The molecule has 0 bridgehead atoms. The van der Waals surface area contributed by atoms with Crippen molar-refractivity contribution in [1.82, 2.24) is 0 Å². The molecule has 0 aliphatic rings. The third kappa shape index (κ3) is 4.56. The first-order chi connectivity index (χ1) is 11.9. The number of rotatable bonds is 4. The molecule has 0 spiro atoms. The van der Waals surface area contributed by atoms with E-state index in [4.69, 9.17) is 11.5 Å². The van der Waals surface area contributed by atoms with E-state index in [9.17, 15) is 26.3 Å². The Morgan fingerprint density at radius 3 is 1.73 bits per heavy atom. The molecule has 2 rings (SSSR count). The van der Waals surface area contributed by atoms with Gasteiger partial charge < -0.3 is 11.5 Å². The van der Waals surface area contributed by atoms with Crippen LogP contribution in [-0.4, -0.2) is 6.04 Å². The molecule has 2 aromatic rings. The third-order valence-corrected chi connectivity index (χ3v) is 4.18. The highest BCUT2D eigenvalue weighted by molar-refractivity contribution is 5.34. The molecule has 8 heteroatoms. The molecule has 0 fully saturated rings. The van der Waals surface area contributed by atoms with Crippen molar-refractivity contribution < 1.29 is 26.3 Å². The lowest BCUT2D eigenvalue weighted by Crippen LogP contribution is -2.33. The van der Waals surface area contributed by atoms with Gasteiger partial charge in [0.05, 0.1) is 11.1 Å². The lowest BCUT2D eigenvalue weighted by molar-refractivity contribution is -0.138. The molecule has 4 N–H and O–H groups in total. The molecule has 0 amide bonds. The number of halogens is 6. The standard InChI is InChI=1S/C18H18F6N2/c1-10(25)15(11-5-7-13(8-6-11)17(19,20)21)16(26)12-3-2-4-14(9-12)18(22,23)24/h2-10,15-16H,25-26H2,1H3. The largest absolute Gasteiger partial charge is 0.416 e. The molecule has 0 heterocycles. The van der Waals surface area contributed by atoms with Crippen molar-refractivity contribution in [3.8, 4) is 0 Å². The zero-order chi connectivity index (χ0) is 19.7. The van der Waals surface area contributed by atoms with Gasteiger partial charge in [-0.25, -0.2) is 0 Å². The molecule has 2 aromatic carbocycles. The molecule has 0 saturated heterocycles. The van der Waals surface area contributed by atoms with Gasteiger partial charge in [-0.15, -0.1) is 0 Å². The van der Waals surface area contributed by atoms with Gasteiger partial charge in [-0.05, 0) is 42.3 Å². The van der Waals surface area contributed by atoms with Crippen LogP contribution in [-0.2, 0) is 12.4 Å². The summed E-state index contributed by atoms with van der Waals surface area (Å²) in [5.41, 5.74) is 11.0. The van der Waals surface area contributed by atoms with E-state index >= 15 is 0 Å². The fraction of sp³-hybridized carbons (Fsp3) is 0.333. The molecular formula is C18H18F6N2. The van der Waals surface area contributed by atoms with E-state index in [-0.39, 0.29) is 5.56 Å². The molecule has 3 unspecified atom stereocenters. The first kappa shape index (κ1) is 20.3. The van der Waals surface area contributed by atoms with E-state index in [1.807, 2.05) is 0 Å². The zero-order valence-electron chi connectivity index (χ0n) is 13.8. The monoisotopic (exact) mass is 376 g/mol. The van der Waals surface area contributed by atoms with Crippen LogP contribution in [0, 0.1) is 0 Å². The Hall–Kier alpha value is -2.06. The van der Waals surface area contributed by atoms with Gasteiger partial charge in [-0.1, -0.05) is 24.3 Å². The van der Waals surface area contributed by atoms with Crippen LogP contribution in [0.3, 0.4) is 0 Å². The maximum absolute atomic E-state index is 12.9. The maximum atomic E-state index is 12.9. The number of hydrogen-bond donors (Lipinski definition) is 2. The van der Waals surface area contributed by atoms with Crippen molar-refractivity contribution in [3.05, 3.63) is 70.8 Å². The second-order valence-electron chi connectivity index (χ2n) is 6.15. The molecule has 0 aromatic heterocycles. The van der Waals surface area contributed by atoms with Crippen molar-refractivity contribution in [2.75, 3.05) is 0 Å². The highest BCUT2D eigenvalue weighted by Crippen LogP contribution is 2.36. The molecule has 142 valence electrons. The summed E-state index contributed by atoms with van der Waals surface area (Å²) in [7, 11) is 0. The molecule has 0 aliphatic carbocycles. The summed E-state index contributed by atoms with van der Waals surface area (Å²) in [6, 6.07) is 7.37. The maximum Gasteiger partial charge on any atom is 0.416 e. The van der Waals surface area contributed by atoms with Crippen LogP contribution in [0.1, 0.15) is 41.1 Å². The Morgan fingerprint density at radius 1 is 0.731 bits per heavy atom. The van der Waals surface area contributed by atoms with Crippen LogP contribution in [0.5, 0.6) is 0 Å². The topological polar surface area (TPSA) is 52.0 Å². The lowest BCUT2D eigenvalue weighted by Gasteiger charge is -2.28. The highest BCUT2D eigenvalue weighted by atomic mass is 19.4. The smallest absolute Gasteiger partial charge is 0.327 e. The summed E-state index contributed by atoms with van der Waals surface area (Å²) < 4.78 is 76.8. The Morgan fingerprint density at radius 2 is 1.27 bits per heavy atom. The minimum absolute atomic E-state index is 0.210. The first-order valence-electron chi connectivity index (χ1n) is 7.76. The molecular weight excluding hydrogens is 358 g/mol. The minimum Gasteiger partial charge on any atom is -0.327 e. The fourth-order valence-corrected chi connectivity index (χ4v) is 2.86. The van der Waals surface area contributed by atoms with E-state index in [1.165, 1.54) is 24.3 Å². The minimum atomic E-state index is -4.52. The molecule has 3 atom stereocenters. The van der Waals surface area contributed by atoms with Crippen molar-refractivity contribution in [2.45, 2.75) is 37.3 Å². The first-order valence-corrected chi connectivity index (χ1v) is 7.76. The quantitative estimate of drug-likeness (QED) is 0.749. The van der Waals surface area contributed by atoms with Gasteiger partial charge in [0, 0.05) is 18.0 Å². The molecule has 26 heavy (non-hydrogen) atoms. The van der Waals surface area contributed by atoms with Gasteiger partial charge in [0.25, 0.3) is 0 Å². The summed E-state index contributed by atoms with van der Waals surface area (Å²) >= 11 is 0. The number of nitrogens with two attached hydrogens (primary N) is 2. The van der Waals surface area contributed by atoms with Crippen molar-refractivity contribution >= 4 is 0 Å². The van der Waals surface area contributed by atoms with Gasteiger partial charge >= 0.3 is 12.4 Å². The van der Waals surface area contributed by atoms with Crippen LogP contribution in [0.2, 0.25) is 0 Å². The second kappa shape index (κ2) is 7.28. The summed E-state index contributed by atoms with van der Waals surface area (Å²) in [4.78, 5) is 0. The van der Waals surface area contributed by atoms with Gasteiger partial charge in [0.2, 0.25) is 0 Å². The van der Waals surface area contributed by atoms with Gasteiger partial charge in [-0.2, -0.15) is 26.3 Å². The average Bonchev–Trinajstić information content (AvgIpc) is 2.53. The Bertz CT molecular complexity index is 735. The zero-order valence-corrected chi connectivity index (χ0v) is 13.8. The highest BCUT2D eigenvalue weighted by Gasteiger charge is 2.33. The van der Waals surface area contributed by atoms with Crippen molar-refractivity contribution in [3.63, 3.8) is 0 Å². The van der Waals surface area contributed by atoms with Crippen molar-refractivity contribution in [2.24, 2.45) is 11.5 Å². The average molecular weight is 376 g/mol. The Labute approximate surface area is 146 Å². The second-order valence-corrected chi connectivity index (χ2v) is 6.15. The van der Waals surface area contributed by atoms with Crippen LogP contribution >= 0.6 is 0 Å². The van der Waals surface area contributed by atoms with E-state index < -0.39 is 41.5 Å². The van der Waals surface area contributed by atoms with Crippen LogP contribution in [0.15, 0.2) is 48.5 Å². The number of hydrogen-bond acceptors (Lipinski definition) is 2. The van der Waals surface area contributed by atoms with E-state index in [0.717, 1.165) is 24.3 Å². The summed E-state index contributed by atoms with van der Waals surface area (Å²) in [6.07, 6.45) is -9.00. The number of benzene rings is 2. The third-order valence-electron chi connectivity index (χ3n) is 4.18. The molecule has 0 radical (unpaired) electrons. The molecule has 0 aliphatic heterocycles. The predicted molar refractivity (Wildman–Crippen MR) is 86.2 cm³/mol. The van der Waals surface area contributed by atoms with Crippen LogP contribution < -0.4 is 11.5 Å². The molecule has 0 saturated carbocycles. The molecule has 2 nitrogen and oxygen atoms in total. The predicted octanol–water partition coefficient (Wildman–Crippen LogP) is 4.86. The van der Waals surface area contributed by atoms with Crippen LogP contribution in [0.4, 0.5) is 26.3 Å². The Kier molecular flexibility index (Phi) is 5.67. The Balaban J connectivity index is 2.38. The van der Waals surface area contributed by atoms with Gasteiger partial charge in [0.15, 0.2) is 0 Å². The van der Waals surface area contributed by atoms with Gasteiger partial charge in [-0.3, -0.25) is 0 Å². The van der Waals surface area contributed by atoms with E-state index in [2.05, 4.69) is 0 Å².